The Morgan fingerprint density at radius 1 is 1.18 bits per heavy atom. The van der Waals surface area contributed by atoms with Crippen LogP contribution in [-0.2, 0) is 6.54 Å². The normalized spacial score (nSPS) is 10.6. The van der Waals surface area contributed by atoms with E-state index in [0.717, 1.165) is 5.56 Å². The first-order valence-corrected chi connectivity index (χ1v) is 6.69. The topological polar surface area (TPSA) is 105 Å². The lowest BCUT2D eigenvalue weighted by Gasteiger charge is -2.03. The third-order valence-corrected chi connectivity index (χ3v) is 2.98. The molecule has 2 heterocycles. The molecule has 22 heavy (non-hydrogen) atoms. The predicted molar refractivity (Wildman–Crippen MR) is 80.6 cm³/mol. The first-order valence-electron chi connectivity index (χ1n) is 6.31. The molecule has 0 spiro atoms. The number of hydrogen-bond donors (Lipinski definition) is 3. The van der Waals surface area contributed by atoms with Gasteiger partial charge in [0.1, 0.15) is 22.6 Å². The van der Waals surface area contributed by atoms with Crippen LogP contribution in [0, 0.1) is 5.82 Å². The van der Waals surface area contributed by atoms with Crippen LogP contribution in [0.2, 0.25) is 5.15 Å². The molecule has 0 atom stereocenters. The number of nitrogen functional groups attached to an aromatic ring is 1. The molecule has 3 aromatic rings. The summed E-state index contributed by atoms with van der Waals surface area (Å²) in [5.41, 5.74) is 6.23. The van der Waals surface area contributed by atoms with E-state index < -0.39 is 0 Å². The van der Waals surface area contributed by atoms with Crippen LogP contribution in [0.15, 0.2) is 30.3 Å². The smallest absolute Gasteiger partial charge is 0.223 e. The van der Waals surface area contributed by atoms with E-state index in [9.17, 15) is 4.39 Å². The van der Waals surface area contributed by atoms with Crippen LogP contribution in [-0.4, -0.2) is 25.1 Å². The summed E-state index contributed by atoms with van der Waals surface area (Å²) < 4.78 is 12.9. The molecule has 0 radical (unpaired) electrons. The fourth-order valence-corrected chi connectivity index (χ4v) is 1.99. The third kappa shape index (κ3) is 3.29. The Kier molecular flexibility index (Phi) is 3.84. The van der Waals surface area contributed by atoms with Gasteiger partial charge in [0.05, 0.1) is 6.54 Å². The average Bonchev–Trinajstić information content (AvgIpc) is 2.94. The number of nitrogens with zero attached hydrogens (tertiary/aromatic N) is 4. The molecule has 112 valence electrons. The van der Waals surface area contributed by atoms with E-state index in [-0.39, 0.29) is 16.9 Å². The SMILES string of the molecule is Nc1nc(Cl)cc(NCc2nc(-c3ccc(F)cc3)n[nH]2)n1. The molecule has 2 aromatic heterocycles. The summed E-state index contributed by atoms with van der Waals surface area (Å²) >= 11 is 5.79. The van der Waals surface area contributed by atoms with Gasteiger partial charge in [-0.05, 0) is 24.3 Å². The van der Waals surface area contributed by atoms with Crippen molar-refractivity contribution in [2.24, 2.45) is 0 Å². The summed E-state index contributed by atoms with van der Waals surface area (Å²) in [6.45, 7) is 0.348. The molecule has 0 fully saturated rings. The summed E-state index contributed by atoms with van der Waals surface area (Å²) in [5, 5.41) is 10.1. The van der Waals surface area contributed by atoms with Crippen LogP contribution in [0.4, 0.5) is 16.2 Å². The summed E-state index contributed by atoms with van der Waals surface area (Å²) in [6, 6.07) is 7.49. The summed E-state index contributed by atoms with van der Waals surface area (Å²) in [5.74, 6) is 1.33. The lowest BCUT2D eigenvalue weighted by molar-refractivity contribution is 0.628. The fraction of sp³-hybridized carbons (Fsp3) is 0.0769. The number of nitrogens with two attached hydrogens (primary N) is 1. The number of H-pyrrole nitrogens is 1. The van der Waals surface area contributed by atoms with E-state index in [2.05, 4.69) is 30.5 Å². The van der Waals surface area contributed by atoms with Crippen LogP contribution in [0.5, 0.6) is 0 Å². The minimum Gasteiger partial charge on any atom is -0.368 e. The minimum atomic E-state index is -0.306. The Hall–Kier alpha value is -2.74. The molecule has 0 aliphatic heterocycles. The fourth-order valence-electron chi connectivity index (χ4n) is 1.80. The molecule has 0 aliphatic carbocycles. The molecule has 1 aromatic carbocycles. The molecule has 0 amide bonds. The number of halogens is 2. The van der Waals surface area contributed by atoms with E-state index >= 15 is 0 Å². The van der Waals surface area contributed by atoms with Crippen LogP contribution in [0.3, 0.4) is 0 Å². The predicted octanol–water partition coefficient (Wildman–Crippen LogP) is 2.25. The second-order valence-electron chi connectivity index (χ2n) is 4.40. The number of aromatic amines is 1. The highest BCUT2D eigenvalue weighted by molar-refractivity contribution is 6.29. The van der Waals surface area contributed by atoms with Gasteiger partial charge in [0.25, 0.3) is 0 Å². The highest BCUT2D eigenvalue weighted by Crippen LogP contribution is 2.16. The monoisotopic (exact) mass is 319 g/mol. The number of anilines is 2. The van der Waals surface area contributed by atoms with Gasteiger partial charge in [-0.3, -0.25) is 5.10 Å². The maximum Gasteiger partial charge on any atom is 0.223 e. The van der Waals surface area contributed by atoms with Crippen LogP contribution < -0.4 is 11.1 Å². The van der Waals surface area contributed by atoms with E-state index in [0.29, 0.717) is 24.0 Å². The van der Waals surface area contributed by atoms with E-state index in [1.54, 1.807) is 18.2 Å². The van der Waals surface area contributed by atoms with E-state index in [1.165, 1.54) is 12.1 Å². The van der Waals surface area contributed by atoms with E-state index in [4.69, 9.17) is 17.3 Å². The van der Waals surface area contributed by atoms with Crippen molar-refractivity contribution < 1.29 is 4.39 Å². The van der Waals surface area contributed by atoms with Crippen molar-refractivity contribution in [3.05, 3.63) is 47.1 Å². The Morgan fingerprint density at radius 3 is 2.68 bits per heavy atom. The quantitative estimate of drug-likeness (QED) is 0.637. The summed E-state index contributed by atoms with van der Waals surface area (Å²) in [7, 11) is 0. The van der Waals surface area contributed by atoms with Crippen LogP contribution >= 0.6 is 11.6 Å². The van der Waals surface area contributed by atoms with Gasteiger partial charge < -0.3 is 11.1 Å². The lowest BCUT2D eigenvalue weighted by atomic mass is 10.2. The molecular formula is C13H11ClFN7. The van der Waals surface area contributed by atoms with Gasteiger partial charge in [0.2, 0.25) is 5.95 Å². The molecule has 4 N–H and O–H groups in total. The molecule has 0 saturated heterocycles. The van der Waals surface area contributed by atoms with Crippen LogP contribution in [0.25, 0.3) is 11.4 Å². The zero-order chi connectivity index (χ0) is 15.5. The molecule has 7 nitrogen and oxygen atoms in total. The molecule has 3 rings (SSSR count). The largest absolute Gasteiger partial charge is 0.368 e. The number of hydrogen-bond acceptors (Lipinski definition) is 6. The average molecular weight is 320 g/mol. The van der Waals surface area contributed by atoms with Gasteiger partial charge in [0.15, 0.2) is 5.82 Å². The first kappa shape index (κ1) is 14.2. The minimum absolute atomic E-state index is 0.0829. The zero-order valence-electron chi connectivity index (χ0n) is 11.2. The molecule has 0 bridgehead atoms. The molecule has 0 aliphatic rings. The number of rotatable bonds is 4. The highest BCUT2D eigenvalue weighted by Gasteiger charge is 2.07. The maximum atomic E-state index is 12.9. The standard InChI is InChI=1S/C13H11ClFN7/c14-9-5-10(20-13(16)18-9)17-6-11-19-12(22-21-11)7-1-3-8(15)4-2-7/h1-5H,6H2,(H,19,21,22)(H3,16,17,18,20). The lowest BCUT2D eigenvalue weighted by Crippen LogP contribution is -2.05. The van der Waals surface area contributed by atoms with Crippen molar-refractivity contribution in [2.75, 3.05) is 11.1 Å². The first-order chi connectivity index (χ1) is 10.6. The van der Waals surface area contributed by atoms with Gasteiger partial charge >= 0.3 is 0 Å². The van der Waals surface area contributed by atoms with Gasteiger partial charge in [-0.15, -0.1) is 0 Å². The van der Waals surface area contributed by atoms with Crippen molar-refractivity contribution >= 4 is 23.4 Å². The van der Waals surface area contributed by atoms with Crippen molar-refractivity contribution in [2.45, 2.75) is 6.54 Å². The second kappa shape index (κ2) is 5.94. The molecular weight excluding hydrogens is 309 g/mol. The Morgan fingerprint density at radius 2 is 1.95 bits per heavy atom. The van der Waals surface area contributed by atoms with Crippen LogP contribution in [0.1, 0.15) is 5.82 Å². The van der Waals surface area contributed by atoms with Gasteiger partial charge in [-0.25, -0.2) is 14.4 Å². The molecule has 0 saturated carbocycles. The van der Waals surface area contributed by atoms with Crippen molar-refractivity contribution in [1.29, 1.82) is 0 Å². The second-order valence-corrected chi connectivity index (χ2v) is 4.79. The molecule has 9 heteroatoms. The van der Waals surface area contributed by atoms with Crippen molar-refractivity contribution in [1.82, 2.24) is 25.1 Å². The Labute approximate surface area is 129 Å². The highest BCUT2D eigenvalue weighted by atomic mass is 35.5. The van der Waals surface area contributed by atoms with E-state index in [1.807, 2.05) is 0 Å². The molecule has 0 unspecified atom stereocenters. The number of aromatic nitrogens is 5. The summed E-state index contributed by atoms with van der Waals surface area (Å²) in [4.78, 5) is 12.1. The number of benzene rings is 1. The van der Waals surface area contributed by atoms with Gasteiger partial charge in [0, 0.05) is 11.6 Å². The van der Waals surface area contributed by atoms with Crippen molar-refractivity contribution in [3.8, 4) is 11.4 Å². The maximum absolute atomic E-state index is 12.9. The third-order valence-electron chi connectivity index (χ3n) is 2.78. The zero-order valence-corrected chi connectivity index (χ0v) is 12.0. The summed E-state index contributed by atoms with van der Waals surface area (Å²) in [6.07, 6.45) is 0. The van der Waals surface area contributed by atoms with Crippen molar-refractivity contribution in [3.63, 3.8) is 0 Å². The Balaban J connectivity index is 1.70. The van der Waals surface area contributed by atoms with Gasteiger partial charge in [-0.1, -0.05) is 11.6 Å². The van der Waals surface area contributed by atoms with Gasteiger partial charge in [-0.2, -0.15) is 10.1 Å². The number of nitrogens with one attached hydrogen (secondary N) is 2. The Bertz CT molecular complexity index is 767.